The first-order valence-electron chi connectivity index (χ1n) is 5.87. The summed E-state index contributed by atoms with van der Waals surface area (Å²) in [5.74, 6) is 0. The molecule has 0 saturated carbocycles. The van der Waals surface area contributed by atoms with Crippen LogP contribution < -0.4 is 10.6 Å². The van der Waals surface area contributed by atoms with E-state index in [4.69, 9.17) is 5.11 Å². The second kappa shape index (κ2) is 6.30. The number of hydrogen-bond acceptors (Lipinski definition) is 5. The van der Waals surface area contributed by atoms with Crippen LogP contribution in [0.3, 0.4) is 0 Å². The van der Waals surface area contributed by atoms with Crippen LogP contribution in [-0.4, -0.2) is 35.8 Å². The molecule has 1 fully saturated rings. The number of aromatic nitrogens is 1. The molecule has 4 nitrogen and oxygen atoms in total. The number of thiazole rings is 1. The second-order valence-corrected chi connectivity index (χ2v) is 5.05. The average molecular weight is 241 g/mol. The van der Waals surface area contributed by atoms with Crippen LogP contribution in [0.1, 0.15) is 30.3 Å². The Morgan fingerprint density at radius 3 is 3.00 bits per heavy atom. The average Bonchev–Trinajstić information content (AvgIpc) is 2.83. The topological polar surface area (TPSA) is 57.2 Å². The largest absolute Gasteiger partial charge is 0.396 e. The van der Waals surface area contributed by atoms with Crippen LogP contribution in [0, 0.1) is 0 Å². The highest BCUT2D eigenvalue weighted by Crippen LogP contribution is 2.20. The minimum absolute atomic E-state index is 0.211. The van der Waals surface area contributed by atoms with Crippen LogP contribution >= 0.6 is 11.3 Å². The molecule has 1 unspecified atom stereocenters. The first-order chi connectivity index (χ1) is 7.90. The molecule has 16 heavy (non-hydrogen) atoms. The zero-order valence-corrected chi connectivity index (χ0v) is 10.2. The summed E-state index contributed by atoms with van der Waals surface area (Å²) in [6.45, 7) is 2.38. The summed E-state index contributed by atoms with van der Waals surface area (Å²) < 4.78 is 0. The molecule has 0 aliphatic carbocycles. The normalized spacial score (nSPS) is 19.8. The van der Waals surface area contributed by atoms with E-state index in [0.29, 0.717) is 6.04 Å². The molecule has 0 amide bonds. The third kappa shape index (κ3) is 3.25. The summed E-state index contributed by atoms with van der Waals surface area (Å²) in [7, 11) is 0. The maximum Gasteiger partial charge on any atom is 0.110 e. The van der Waals surface area contributed by atoms with E-state index >= 15 is 0 Å². The Morgan fingerprint density at radius 2 is 2.38 bits per heavy atom. The molecule has 0 aromatic carbocycles. The number of rotatable bonds is 5. The van der Waals surface area contributed by atoms with Crippen molar-refractivity contribution in [3.63, 3.8) is 0 Å². The van der Waals surface area contributed by atoms with Gasteiger partial charge in [-0.3, -0.25) is 0 Å². The molecule has 0 spiro atoms. The SMILES string of the molecule is OCCC(NC1CCNCC1)c1nccs1. The molecule has 2 rings (SSSR count). The molecule has 0 bridgehead atoms. The fraction of sp³-hybridized carbons (Fsp3) is 0.727. The zero-order chi connectivity index (χ0) is 11.2. The van der Waals surface area contributed by atoms with Gasteiger partial charge in [0.1, 0.15) is 5.01 Å². The van der Waals surface area contributed by atoms with Crippen molar-refractivity contribution in [1.82, 2.24) is 15.6 Å². The molecule has 0 radical (unpaired) electrons. The van der Waals surface area contributed by atoms with Gasteiger partial charge in [0.2, 0.25) is 0 Å². The monoisotopic (exact) mass is 241 g/mol. The van der Waals surface area contributed by atoms with Gasteiger partial charge in [0, 0.05) is 24.2 Å². The van der Waals surface area contributed by atoms with Crippen molar-refractivity contribution < 1.29 is 5.11 Å². The molecule has 3 N–H and O–H groups in total. The van der Waals surface area contributed by atoms with Crippen molar-refractivity contribution in [3.8, 4) is 0 Å². The van der Waals surface area contributed by atoms with Crippen molar-refractivity contribution in [2.75, 3.05) is 19.7 Å². The fourth-order valence-corrected chi connectivity index (χ4v) is 2.82. The number of aliphatic hydroxyl groups excluding tert-OH is 1. The number of nitrogens with one attached hydrogen (secondary N) is 2. The number of piperidine rings is 1. The smallest absolute Gasteiger partial charge is 0.110 e. The molecule has 2 heterocycles. The van der Waals surface area contributed by atoms with Gasteiger partial charge in [0.25, 0.3) is 0 Å². The summed E-state index contributed by atoms with van der Waals surface area (Å²) in [4.78, 5) is 4.33. The standard InChI is InChI=1S/C11H19N3OS/c15-7-3-10(11-13-6-8-16-11)14-9-1-4-12-5-2-9/h6,8-10,12,14-15H,1-5,7H2. The van der Waals surface area contributed by atoms with Gasteiger partial charge in [-0.25, -0.2) is 4.98 Å². The number of nitrogens with zero attached hydrogens (tertiary/aromatic N) is 1. The quantitative estimate of drug-likeness (QED) is 0.717. The lowest BCUT2D eigenvalue weighted by molar-refractivity contribution is 0.250. The predicted molar refractivity (Wildman–Crippen MR) is 65.6 cm³/mol. The molecule has 5 heteroatoms. The summed E-state index contributed by atoms with van der Waals surface area (Å²) in [5, 5.41) is 19.1. The Labute approximate surface area is 100 Å². The Hall–Kier alpha value is -0.490. The van der Waals surface area contributed by atoms with E-state index in [-0.39, 0.29) is 12.6 Å². The maximum atomic E-state index is 9.09. The van der Waals surface area contributed by atoms with E-state index in [1.54, 1.807) is 11.3 Å². The van der Waals surface area contributed by atoms with Gasteiger partial charge in [0.15, 0.2) is 0 Å². The maximum absolute atomic E-state index is 9.09. The molecule has 90 valence electrons. The first kappa shape index (κ1) is 12.0. The van der Waals surface area contributed by atoms with E-state index in [1.165, 1.54) is 0 Å². The highest BCUT2D eigenvalue weighted by molar-refractivity contribution is 7.09. The van der Waals surface area contributed by atoms with Crippen LogP contribution in [0.15, 0.2) is 11.6 Å². The van der Waals surface area contributed by atoms with Crippen molar-refractivity contribution in [2.45, 2.75) is 31.3 Å². The summed E-state index contributed by atoms with van der Waals surface area (Å²) in [6, 6.07) is 0.773. The van der Waals surface area contributed by atoms with Crippen LogP contribution in [-0.2, 0) is 0 Å². The molecular weight excluding hydrogens is 222 g/mol. The van der Waals surface area contributed by atoms with Crippen molar-refractivity contribution >= 4 is 11.3 Å². The predicted octanol–water partition coefficient (Wildman–Crippen LogP) is 0.908. The van der Waals surface area contributed by atoms with Crippen LogP contribution in [0.2, 0.25) is 0 Å². The Balaban J connectivity index is 1.91. The molecule has 1 aliphatic heterocycles. The highest BCUT2D eigenvalue weighted by atomic mass is 32.1. The molecule has 1 saturated heterocycles. The number of hydrogen-bond donors (Lipinski definition) is 3. The van der Waals surface area contributed by atoms with E-state index in [0.717, 1.165) is 37.4 Å². The van der Waals surface area contributed by atoms with Gasteiger partial charge in [-0.2, -0.15) is 0 Å². The van der Waals surface area contributed by atoms with Crippen molar-refractivity contribution in [3.05, 3.63) is 16.6 Å². The van der Waals surface area contributed by atoms with E-state index < -0.39 is 0 Å². The van der Waals surface area contributed by atoms with Gasteiger partial charge in [-0.05, 0) is 32.4 Å². The summed E-state index contributed by atoms with van der Waals surface area (Å²) >= 11 is 1.66. The minimum atomic E-state index is 0.211. The lowest BCUT2D eigenvalue weighted by Gasteiger charge is -2.27. The lowest BCUT2D eigenvalue weighted by atomic mass is 10.0. The Kier molecular flexibility index (Phi) is 4.71. The second-order valence-electron chi connectivity index (χ2n) is 4.13. The van der Waals surface area contributed by atoms with E-state index in [9.17, 15) is 0 Å². The molecular formula is C11H19N3OS. The van der Waals surface area contributed by atoms with Gasteiger partial charge in [-0.1, -0.05) is 0 Å². The van der Waals surface area contributed by atoms with E-state index in [2.05, 4.69) is 15.6 Å². The van der Waals surface area contributed by atoms with Gasteiger partial charge in [0.05, 0.1) is 6.04 Å². The molecule has 1 aromatic rings. The van der Waals surface area contributed by atoms with Crippen LogP contribution in [0.5, 0.6) is 0 Å². The Morgan fingerprint density at radius 1 is 1.56 bits per heavy atom. The van der Waals surface area contributed by atoms with Crippen molar-refractivity contribution in [1.29, 1.82) is 0 Å². The zero-order valence-electron chi connectivity index (χ0n) is 9.35. The van der Waals surface area contributed by atoms with E-state index in [1.807, 2.05) is 11.6 Å². The van der Waals surface area contributed by atoms with Crippen LogP contribution in [0.4, 0.5) is 0 Å². The van der Waals surface area contributed by atoms with Gasteiger partial charge < -0.3 is 15.7 Å². The Bertz CT molecular complexity index is 285. The van der Waals surface area contributed by atoms with Crippen LogP contribution in [0.25, 0.3) is 0 Å². The molecule has 1 aliphatic rings. The van der Waals surface area contributed by atoms with Gasteiger partial charge >= 0.3 is 0 Å². The highest BCUT2D eigenvalue weighted by Gasteiger charge is 2.19. The van der Waals surface area contributed by atoms with Crippen molar-refractivity contribution in [2.24, 2.45) is 0 Å². The third-order valence-electron chi connectivity index (χ3n) is 2.94. The lowest BCUT2D eigenvalue weighted by Crippen LogP contribution is -2.41. The summed E-state index contributed by atoms with van der Waals surface area (Å²) in [6.07, 6.45) is 4.90. The number of aliphatic hydroxyl groups is 1. The summed E-state index contributed by atoms with van der Waals surface area (Å²) in [5.41, 5.74) is 0. The van der Waals surface area contributed by atoms with Gasteiger partial charge in [-0.15, -0.1) is 11.3 Å². The fourth-order valence-electron chi connectivity index (χ4n) is 2.09. The third-order valence-corrected chi connectivity index (χ3v) is 3.83. The molecule has 1 aromatic heterocycles. The first-order valence-corrected chi connectivity index (χ1v) is 6.75. The molecule has 1 atom stereocenters. The minimum Gasteiger partial charge on any atom is -0.396 e.